The van der Waals surface area contributed by atoms with E-state index in [2.05, 4.69) is 5.10 Å². The van der Waals surface area contributed by atoms with E-state index in [4.69, 9.17) is 10.8 Å². The largest absolute Gasteiger partial charge is 0.396 e. The van der Waals surface area contributed by atoms with Crippen molar-refractivity contribution >= 4 is 5.69 Å². The Balaban J connectivity index is 2.44. The van der Waals surface area contributed by atoms with Crippen LogP contribution in [0.15, 0.2) is 30.5 Å². The van der Waals surface area contributed by atoms with Gasteiger partial charge in [0.1, 0.15) is 0 Å². The van der Waals surface area contributed by atoms with Crippen LogP contribution in [0.3, 0.4) is 0 Å². The zero-order chi connectivity index (χ0) is 10.8. The van der Waals surface area contributed by atoms with Gasteiger partial charge in [-0.15, -0.1) is 0 Å². The van der Waals surface area contributed by atoms with Gasteiger partial charge < -0.3 is 10.8 Å². The summed E-state index contributed by atoms with van der Waals surface area (Å²) in [6, 6.07) is 7.55. The van der Waals surface area contributed by atoms with E-state index >= 15 is 0 Å². The minimum Gasteiger partial charge on any atom is -0.396 e. The van der Waals surface area contributed by atoms with Crippen LogP contribution in [-0.4, -0.2) is 14.9 Å². The topological polar surface area (TPSA) is 64.1 Å². The fourth-order valence-electron chi connectivity index (χ4n) is 1.40. The highest BCUT2D eigenvalue weighted by atomic mass is 16.3. The molecule has 3 N–H and O–H groups in total. The highest BCUT2D eigenvalue weighted by Crippen LogP contribution is 2.14. The monoisotopic (exact) mass is 203 g/mol. The number of aliphatic hydroxyl groups is 1. The molecule has 1 aromatic carbocycles. The minimum atomic E-state index is 0.0313. The Kier molecular flexibility index (Phi) is 2.43. The number of rotatable bonds is 2. The Morgan fingerprint density at radius 2 is 2.27 bits per heavy atom. The third-order valence-electron chi connectivity index (χ3n) is 2.29. The number of hydrogen-bond donors (Lipinski definition) is 2. The number of hydrogen-bond acceptors (Lipinski definition) is 3. The Labute approximate surface area is 88.0 Å². The summed E-state index contributed by atoms with van der Waals surface area (Å²) in [7, 11) is 0. The average Bonchev–Trinajstić information content (AvgIpc) is 2.59. The molecule has 4 heteroatoms. The van der Waals surface area contributed by atoms with Gasteiger partial charge in [0.15, 0.2) is 0 Å². The predicted molar refractivity (Wildman–Crippen MR) is 58.6 cm³/mol. The third-order valence-corrected chi connectivity index (χ3v) is 2.29. The number of aromatic nitrogens is 2. The standard InChI is InChI=1S/C11H13N3O/c1-8-11(12)6-14(13-8)10-4-2-3-9(5-10)7-15/h2-6,15H,7,12H2,1H3. The lowest BCUT2D eigenvalue weighted by molar-refractivity contribution is 0.282. The molecule has 0 bridgehead atoms. The Morgan fingerprint density at radius 3 is 2.87 bits per heavy atom. The average molecular weight is 203 g/mol. The van der Waals surface area contributed by atoms with Gasteiger partial charge in [-0.25, -0.2) is 4.68 Å². The Bertz CT molecular complexity index is 457. The first kappa shape index (κ1) is 9.73. The number of nitrogens with two attached hydrogens (primary N) is 1. The van der Waals surface area contributed by atoms with E-state index in [1.54, 1.807) is 10.9 Å². The molecular formula is C11H13N3O. The van der Waals surface area contributed by atoms with Crippen LogP contribution in [0.25, 0.3) is 5.69 Å². The van der Waals surface area contributed by atoms with Crippen LogP contribution in [0.4, 0.5) is 5.69 Å². The molecule has 0 unspecified atom stereocenters. The predicted octanol–water partition coefficient (Wildman–Crippen LogP) is 1.26. The summed E-state index contributed by atoms with van der Waals surface area (Å²) in [4.78, 5) is 0. The van der Waals surface area contributed by atoms with Crippen molar-refractivity contribution < 1.29 is 5.11 Å². The van der Waals surface area contributed by atoms with Gasteiger partial charge in [-0.2, -0.15) is 5.10 Å². The summed E-state index contributed by atoms with van der Waals surface area (Å²) in [5.41, 5.74) is 8.96. The fraction of sp³-hybridized carbons (Fsp3) is 0.182. The molecule has 2 rings (SSSR count). The summed E-state index contributed by atoms with van der Waals surface area (Å²) >= 11 is 0. The Morgan fingerprint density at radius 1 is 1.47 bits per heavy atom. The second-order valence-electron chi connectivity index (χ2n) is 3.44. The van der Waals surface area contributed by atoms with Gasteiger partial charge in [-0.05, 0) is 24.6 Å². The second kappa shape index (κ2) is 3.74. The van der Waals surface area contributed by atoms with E-state index in [9.17, 15) is 0 Å². The third kappa shape index (κ3) is 1.85. The van der Waals surface area contributed by atoms with Crippen molar-refractivity contribution in [3.8, 4) is 5.69 Å². The maximum absolute atomic E-state index is 9.01. The van der Waals surface area contributed by atoms with Crippen molar-refractivity contribution in [3.05, 3.63) is 41.7 Å². The van der Waals surface area contributed by atoms with Gasteiger partial charge >= 0.3 is 0 Å². The van der Waals surface area contributed by atoms with Crippen molar-refractivity contribution in [2.75, 3.05) is 5.73 Å². The van der Waals surface area contributed by atoms with Crippen molar-refractivity contribution in [3.63, 3.8) is 0 Å². The maximum Gasteiger partial charge on any atom is 0.0827 e. The fourth-order valence-corrected chi connectivity index (χ4v) is 1.40. The van der Waals surface area contributed by atoms with E-state index in [0.717, 1.165) is 16.9 Å². The van der Waals surface area contributed by atoms with Gasteiger partial charge in [-0.3, -0.25) is 0 Å². The van der Waals surface area contributed by atoms with Crippen molar-refractivity contribution in [2.45, 2.75) is 13.5 Å². The van der Waals surface area contributed by atoms with Gasteiger partial charge in [0.05, 0.1) is 29.9 Å². The first-order valence-corrected chi connectivity index (χ1v) is 4.72. The molecule has 2 aromatic rings. The molecule has 0 saturated heterocycles. The lowest BCUT2D eigenvalue weighted by Gasteiger charge is -2.02. The van der Waals surface area contributed by atoms with Crippen molar-refractivity contribution in [2.24, 2.45) is 0 Å². The quantitative estimate of drug-likeness (QED) is 0.772. The molecule has 0 spiro atoms. The van der Waals surface area contributed by atoms with E-state index in [1.165, 1.54) is 0 Å². The molecule has 0 fully saturated rings. The van der Waals surface area contributed by atoms with E-state index < -0.39 is 0 Å². The number of nitrogens with zero attached hydrogens (tertiary/aromatic N) is 2. The summed E-state index contributed by atoms with van der Waals surface area (Å²) in [5.74, 6) is 0. The molecule has 15 heavy (non-hydrogen) atoms. The zero-order valence-corrected chi connectivity index (χ0v) is 8.51. The van der Waals surface area contributed by atoms with Crippen LogP contribution in [-0.2, 0) is 6.61 Å². The maximum atomic E-state index is 9.01. The van der Waals surface area contributed by atoms with Crippen LogP contribution in [0, 0.1) is 6.92 Å². The number of nitrogen functional groups attached to an aromatic ring is 1. The Hall–Kier alpha value is -1.81. The molecule has 4 nitrogen and oxygen atoms in total. The smallest absolute Gasteiger partial charge is 0.0827 e. The molecule has 0 aliphatic carbocycles. The summed E-state index contributed by atoms with van der Waals surface area (Å²) in [6.07, 6.45) is 1.77. The normalized spacial score (nSPS) is 10.5. The molecule has 1 aromatic heterocycles. The van der Waals surface area contributed by atoms with Crippen LogP contribution in [0.2, 0.25) is 0 Å². The van der Waals surface area contributed by atoms with Gasteiger partial charge in [-0.1, -0.05) is 12.1 Å². The molecule has 0 aliphatic heterocycles. The minimum absolute atomic E-state index is 0.0313. The SMILES string of the molecule is Cc1nn(-c2cccc(CO)c2)cc1N. The number of benzene rings is 1. The van der Waals surface area contributed by atoms with E-state index in [0.29, 0.717) is 5.69 Å². The molecule has 0 radical (unpaired) electrons. The highest BCUT2D eigenvalue weighted by molar-refractivity contribution is 5.44. The second-order valence-corrected chi connectivity index (χ2v) is 3.44. The van der Waals surface area contributed by atoms with E-state index in [-0.39, 0.29) is 6.61 Å². The van der Waals surface area contributed by atoms with Crippen molar-refractivity contribution in [1.82, 2.24) is 9.78 Å². The van der Waals surface area contributed by atoms with Crippen LogP contribution in [0.5, 0.6) is 0 Å². The highest BCUT2D eigenvalue weighted by Gasteiger charge is 2.03. The lowest BCUT2D eigenvalue weighted by atomic mass is 10.2. The summed E-state index contributed by atoms with van der Waals surface area (Å²) in [6.45, 7) is 1.89. The first-order valence-electron chi connectivity index (χ1n) is 4.72. The molecule has 1 heterocycles. The lowest BCUT2D eigenvalue weighted by Crippen LogP contribution is -1.96. The van der Waals surface area contributed by atoms with Crippen LogP contribution < -0.4 is 5.73 Å². The molecule has 0 saturated carbocycles. The number of aryl methyl sites for hydroxylation is 1. The first-order chi connectivity index (χ1) is 7.20. The molecular weight excluding hydrogens is 190 g/mol. The van der Waals surface area contributed by atoms with Gasteiger partial charge in [0.2, 0.25) is 0 Å². The summed E-state index contributed by atoms with van der Waals surface area (Å²) in [5, 5.41) is 13.3. The number of anilines is 1. The molecule has 78 valence electrons. The molecule has 0 aliphatic rings. The van der Waals surface area contributed by atoms with Crippen molar-refractivity contribution in [1.29, 1.82) is 0 Å². The summed E-state index contributed by atoms with van der Waals surface area (Å²) < 4.78 is 1.71. The zero-order valence-electron chi connectivity index (χ0n) is 8.51. The molecule has 0 amide bonds. The van der Waals surface area contributed by atoms with Gasteiger partial charge in [0.25, 0.3) is 0 Å². The van der Waals surface area contributed by atoms with Crippen LogP contribution in [0.1, 0.15) is 11.3 Å². The molecule has 0 atom stereocenters. The van der Waals surface area contributed by atoms with Gasteiger partial charge in [0, 0.05) is 0 Å². The van der Waals surface area contributed by atoms with Crippen LogP contribution >= 0.6 is 0 Å². The number of aliphatic hydroxyl groups excluding tert-OH is 1. The van der Waals surface area contributed by atoms with E-state index in [1.807, 2.05) is 31.2 Å².